The lowest BCUT2D eigenvalue weighted by atomic mass is 9.88. The Morgan fingerprint density at radius 1 is 1.00 bits per heavy atom. The number of likely N-dealkylation sites (tertiary alicyclic amines) is 1. The smallest absolute Gasteiger partial charge is 0.254 e. The number of amides is 2. The number of carbonyl (C=O) groups excluding carboxylic acids is 3. The minimum absolute atomic E-state index is 0.0632. The van der Waals surface area contributed by atoms with Gasteiger partial charge < -0.3 is 15.0 Å². The summed E-state index contributed by atoms with van der Waals surface area (Å²) in [5.74, 6) is 0.203. The largest absolute Gasteiger partial charge is 0.370 e. The van der Waals surface area contributed by atoms with Gasteiger partial charge in [-0.25, -0.2) is 0 Å². The molecule has 1 spiro atoms. The first kappa shape index (κ1) is 22.0. The van der Waals surface area contributed by atoms with Gasteiger partial charge in [0.25, 0.3) is 5.91 Å². The van der Waals surface area contributed by atoms with E-state index in [0.717, 1.165) is 51.4 Å². The molecule has 6 heteroatoms. The number of ether oxygens (including phenoxy) is 1. The van der Waals surface area contributed by atoms with Crippen molar-refractivity contribution in [1.82, 2.24) is 10.2 Å². The maximum Gasteiger partial charge on any atom is 0.254 e. The van der Waals surface area contributed by atoms with Crippen molar-refractivity contribution in [3.8, 4) is 0 Å². The SMILES string of the molecule is CC(=O)c1ccccc1C(=O)N1CCC2(CC[C@@H](CNC(=O)C3CCCCC3)O2)CC1. The van der Waals surface area contributed by atoms with Gasteiger partial charge in [-0.2, -0.15) is 0 Å². The molecular formula is C25H34N2O4. The second kappa shape index (κ2) is 9.51. The zero-order chi connectivity index (χ0) is 21.8. The molecule has 4 rings (SSSR count). The number of piperidine rings is 1. The molecule has 2 saturated heterocycles. The average Bonchev–Trinajstić information content (AvgIpc) is 3.20. The third kappa shape index (κ3) is 5.00. The number of rotatable bonds is 5. The first-order chi connectivity index (χ1) is 15.0. The second-order valence-corrected chi connectivity index (χ2v) is 9.44. The van der Waals surface area contributed by atoms with Crippen molar-refractivity contribution in [2.45, 2.75) is 76.4 Å². The molecule has 31 heavy (non-hydrogen) atoms. The topological polar surface area (TPSA) is 75.7 Å². The molecular weight excluding hydrogens is 392 g/mol. The number of benzene rings is 1. The summed E-state index contributed by atoms with van der Waals surface area (Å²) in [6.07, 6.45) is 9.18. The van der Waals surface area contributed by atoms with E-state index in [1.54, 1.807) is 24.3 Å². The van der Waals surface area contributed by atoms with Gasteiger partial charge in [0, 0.05) is 31.1 Å². The van der Waals surface area contributed by atoms with Crippen LogP contribution in [0.5, 0.6) is 0 Å². The van der Waals surface area contributed by atoms with E-state index in [2.05, 4.69) is 5.32 Å². The van der Waals surface area contributed by atoms with E-state index in [0.29, 0.717) is 30.8 Å². The van der Waals surface area contributed by atoms with E-state index >= 15 is 0 Å². The van der Waals surface area contributed by atoms with Crippen LogP contribution in [-0.4, -0.2) is 53.8 Å². The minimum Gasteiger partial charge on any atom is -0.370 e. The molecule has 0 aromatic heterocycles. The standard InChI is InChI=1S/C25H34N2O4/c1-18(28)21-9-5-6-10-22(21)24(30)27-15-13-25(14-16-27)12-11-20(31-25)17-26-23(29)19-7-3-2-4-8-19/h5-6,9-10,19-20H,2-4,7-8,11-17H2,1H3,(H,26,29)/t20-/m0/s1. The second-order valence-electron chi connectivity index (χ2n) is 9.44. The number of ketones is 1. The number of hydrogen-bond acceptors (Lipinski definition) is 4. The van der Waals surface area contributed by atoms with Crippen molar-refractivity contribution < 1.29 is 19.1 Å². The van der Waals surface area contributed by atoms with Crippen molar-refractivity contribution in [2.75, 3.05) is 19.6 Å². The maximum atomic E-state index is 13.0. The predicted octanol–water partition coefficient (Wildman–Crippen LogP) is 3.74. The van der Waals surface area contributed by atoms with Crippen LogP contribution < -0.4 is 5.32 Å². The number of hydrogen-bond donors (Lipinski definition) is 1. The summed E-state index contributed by atoms with van der Waals surface area (Å²) in [5, 5.41) is 3.12. The Kier molecular flexibility index (Phi) is 6.75. The van der Waals surface area contributed by atoms with Crippen molar-refractivity contribution in [3.63, 3.8) is 0 Å². The summed E-state index contributed by atoms with van der Waals surface area (Å²) < 4.78 is 6.42. The molecule has 1 saturated carbocycles. The third-order valence-electron chi connectivity index (χ3n) is 7.32. The third-order valence-corrected chi connectivity index (χ3v) is 7.32. The molecule has 6 nitrogen and oxygen atoms in total. The molecule has 0 radical (unpaired) electrons. The molecule has 1 aliphatic carbocycles. The fraction of sp³-hybridized carbons (Fsp3) is 0.640. The molecule has 0 bridgehead atoms. The van der Waals surface area contributed by atoms with Gasteiger partial charge in [-0.15, -0.1) is 0 Å². The van der Waals surface area contributed by atoms with Gasteiger partial charge in [0.05, 0.1) is 17.3 Å². The quantitative estimate of drug-likeness (QED) is 0.728. The summed E-state index contributed by atoms with van der Waals surface area (Å²) in [4.78, 5) is 39.1. The van der Waals surface area contributed by atoms with Crippen LogP contribution >= 0.6 is 0 Å². The fourth-order valence-corrected chi connectivity index (χ4v) is 5.39. The Labute approximate surface area is 184 Å². The molecule has 2 aliphatic heterocycles. The van der Waals surface area contributed by atoms with Crippen molar-refractivity contribution in [3.05, 3.63) is 35.4 Å². The molecule has 2 amide bonds. The van der Waals surface area contributed by atoms with E-state index in [9.17, 15) is 14.4 Å². The maximum absolute atomic E-state index is 13.0. The van der Waals surface area contributed by atoms with Gasteiger partial charge in [0.1, 0.15) is 0 Å². The van der Waals surface area contributed by atoms with Gasteiger partial charge in [-0.1, -0.05) is 37.5 Å². The van der Waals surface area contributed by atoms with Crippen LogP contribution in [0.15, 0.2) is 24.3 Å². The Hall–Kier alpha value is -2.21. The monoisotopic (exact) mass is 426 g/mol. The van der Waals surface area contributed by atoms with Crippen LogP contribution in [0.4, 0.5) is 0 Å². The average molecular weight is 427 g/mol. The lowest BCUT2D eigenvalue weighted by Crippen LogP contribution is -2.47. The van der Waals surface area contributed by atoms with Crippen LogP contribution in [-0.2, 0) is 9.53 Å². The number of nitrogens with one attached hydrogen (secondary N) is 1. The van der Waals surface area contributed by atoms with Crippen molar-refractivity contribution >= 4 is 17.6 Å². The Bertz CT molecular complexity index is 823. The van der Waals surface area contributed by atoms with Crippen molar-refractivity contribution in [1.29, 1.82) is 0 Å². The summed E-state index contributed by atoms with van der Waals surface area (Å²) in [5.41, 5.74) is 0.789. The Morgan fingerprint density at radius 2 is 1.68 bits per heavy atom. The van der Waals surface area contributed by atoms with Gasteiger partial charge >= 0.3 is 0 Å². The van der Waals surface area contributed by atoms with E-state index < -0.39 is 0 Å². The molecule has 1 aromatic rings. The highest BCUT2D eigenvalue weighted by Gasteiger charge is 2.43. The van der Waals surface area contributed by atoms with Crippen LogP contribution in [0.1, 0.15) is 85.4 Å². The predicted molar refractivity (Wildman–Crippen MR) is 118 cm³/mol. The number of Topliss-reactive ketones (excluding diaryl/α,β-unsaturated/α-hetero) is 1. The molecule has 1 atom stereocenters. The minimum atomic E-state index is -0.183. The normalized spacial score (nSPS) is 23.6. The lowest BCUT2D eigenvalue weighted by Gasteiger charge is -2.39. The molecule has 1 N–H and O–H groups in total. The summed E-state index contributed by atoms with van der Waals surface area (Å²) >= 11 is 0. The molecule has 1 aromatic carbocycles. The van der Waals surface area contributed by atoms with Crippen LogP contribution in [0, 0.1) is 5.92 Å². The van der Waals surface area contributed by atoms with Crippen molar-refractivity contribution in [2.24, 2.45) is 5.92 Å². The lowest BCUT2D eigenvalue weighted by molar-refractivity contribution is -0.127. The summed E-state index contributed by atoms with van der Waals surface area (Å²) in [7, 11) is 0. The number of carbonyl (C=O) groups is 3. The molecule has 3 aliphatic rings. The first-order valence-electron chi connectivity index (χ1n) is 11.8. The molecule has 0 unspecified atom stereocenters. The van der Waals surface area contributed by atoms with E-state index in [1.807, 2.05) is 4.90 Å². The van der Waals surface area contributed by atoms with Gasteiger partial charge in [-0.3, -0.25) is 14.4 Å². The Balaban J connectivity index is 1.27. The van der Waals surface area contributed by atoms with E-state index in [4.69, 9.17) is 4.74 Å². The van der Waals surface area contributed by atoms with Crippen LogP contribution in [0.2, 0.25) is 0 Å². The molecule has 168 valence electrons. The zero-order valence-corrected chi connectivity index (χ0v) is 18.5. The Morgan fingerprint density at radius 3 is 2.35 bits per heavy atom. The van der Waals surface area contributed by atoms with Gasteiger partial charge in [0.15, 0.2) is 5.78 Å². The van der Waals surface area contributed by atoms with E-state index in [1.165, 1.54) is 13.3 Å². The molecule has 3 fully saturated rings. The highest BCUT2D eigenvalue weighted by atomic mass is 16.5. The summed E-state index contributed by atoms with van der Waals surface area (Å²) in [6, 6.07) is 7.05. The van der Waals surface area contributed by atoms with Gasteiger partial charge in [0.2, 0.25) is 5.91 Å². The fourth-order valence-electron chi connectivity index (χ4n) is 5.39. The number of nitrogens with zero attached hydrogens (tertiary/aromatic N) is 1. The van der Waals surface area contributed by atoms with E-state index in [-0.39, 0.29) is 35.2 Å². The zero-order valence-electron chi connectivity index (χ0n) is 18.5. The van der Waals surface area contributed by atoms with Crippen LogP contribution in [0.3, 0.4) is 0 Å². The van der Waals surface area contributed by atoms with Gasteiger partial charge in [-0.05, 0) is 51.5 Å². The highest BCUT2D eigenvalue weighted by Crippen LogP contribution is 2.39. The first-order valence-corrected chi connectivity index (χ1v) is 11.8. The highest BCUT2D eigenvalue weighted by molar-refractivity contribution is 6.07. The summed E-state index contributed by atoms with van der Waals surface area (Å²) in [6.45, 7) is 3.35. The molecule has 2 heterocycles. The van der Waals surface area contributed by atoms with Crippen LogP contribution in [0.25, 0.3) is 0 Å².